The quantitative estimate of drug-likeness (QED) is 0.614. The molecule has 0 bridgehead atoms. The van der Waals surface area contributed by atoms with Crippen LogP contribution in [0.2, 0.25) is 5.02 Å². The van der Waals surface area contributed by atoms with Crippen molar-refractivity contribution in [1.29, 1.82) is 0 Å². The summed E-state index contributed by atoms with van der Waals surface area (Å²) in [6, 6.07) is 12.8. The SMILES string of the molecule is O=NN(Cc1ccccc1)c1cc(Cl)ccn1. The maximum Gasteiger partial charge on any atom is 0.153 e. The number of nitroso groups, excluding NO2 is 1. The van der Waals surface area contributed by atoms with E-state index in [0.717, 1.165) is 5.56 Å². The Balaban J connectivity index is 2.20. The van der Waals surface area contributed by atoms with Gasteiger partial charge in [-0.05, 0) is 11.6 Å². The van der Waals surface area contributed by atoms with Gasteiger partial charge < -0.3 is 0 Å². The fourth-order valence-corrected chi connectivity index (χ4v) is 1.60. The van der Waals surface area contributed by atoms with E-state index in [1.807, 2.05) is 30.3 Å². The molecule has 1 aromatic heterocycles. The molecule has 0 atom stereocenters. The minimum absolute atomic E-state index is 0.373. The summed E-state index contributed by atoms with van der Waals surface area (Å²) in [7, 11) is 0. The van der Waals surface area contributed by atoms with Gasteiger partial charge in [-0.3, -0.25) is 0 Å². The molecule has 1 aromatic carbocycles. The van der Waals surface area contributed by atoms with E-state index in [0.29, 0.717) is 17.4 Å². The molecule has 2 aromatic rings. The van der Waals surface area contributed by atoms with Crippen molar-refractivity contribution in [3.8, 4) is 0 Å². The summed E-state index contributed by atoms with van der Waals surface area (Å²) in [4.78, 5) is 14.9. The molecule has 0 saturated heterocycles. The van der Waals surface area contributed by atoms with Crippen LogP contribution >= 0.6 is 11.6 Å². The summed E-state index contributed by atoms with van der Waals surface area (Å²) in [5.41, 5.74) is 0.980. The summed E-state index contributed by atoms with van der Waals surface area (Å²) >= 11 is 5.84. The third-order valence-electron chi connectivity index (χ3n) is 2.25. The molecule has 0 spiro atoms. The normalized spacial score (nSPS) is 9.94. The van der Waals surface area contributed by atoms with Gasteiger partial charge in [-0.2, -0.15) is 0 Å². The lowest BCUT2D eigenvalue weighted by Gasteiger charge is -2.14. The maximum atomic E-state index is 10.8. The van der Waals surface area contributed by atoms with E-state index in [1.54, 1.807) is 18.3 Å². The van der Waals surface area contributed by atoms with E-state index in [4.69, 9.17) is 11.6 Å². The molecule has 86 valence electrons. The topological polar surface area (TPSA) is 45.6 Å². The summed E-state index contributed by atoms with van der Waals surface area (Å²) in [6.45, 7) is 0.373. The van der Waals surface area contributed by atoms with Crippen LogP contribution in [-0.4, -0.2) is 4.98 Å². The Labute approximate surface area is 104 Å². The number of hydrogen-bond acceptors (Lipinski definition) is 3. The molecule has 0 fully saturated rings. The summed E-state index contributed by atoms with van der Waals surface area (Å²) in [6.07, 6.45) is 1.54. The number of rotatable bonds is 4. The molecule has 5 heteroatoms. The largest absolute Gasteiger partial charge is 0.237 e. The van der Waals surface area contributed by atoms with Crippen LogP contribution in [0.15, 0.2) is 53.9 Å². The van der Waals surface area contributed by atoms with Gasteiger partial charge in [0.1, 0.15) is 0 Å². The first kappa shape index (κ1) is 11.5. The highest BCUT2D eigenvalue weighted by Crippen LogP contribution is 2.18. The highest BCUT2D eigenvalue weighted by molar-refractivity contribution is 6.30. The number of nitrogens with zero attached hydrogens (tertiary/aromatic N) is 3. The van der Waals surface area contributed by atoms with Gasteiger partial charge in [0.25, 0.3) is 0 Å². The van der Waals surface area contributed by atoms with Gasteiger partial charge >= 0.3 is 0 Å². The lowest BCUT2D eigenvalue weighted by atomic mass is 10.2. The van der Waals surface area contributed by atoms with Crippen LogP contribution in [0.5, 0.6) is 0 Å². The van der Waals surface area contributed by atoms with Crippen molar-refractivity contribution >= 4 is 17.4 Å². The molecule has 0 radical (unpaired) electrons. The summed E-state index contributed by atoms with van der Waals surface area (Å²) in [5, 5.41) is 4.75. The first-order valence-electron chi connectivity index (χ1n) is 5.06. The number of halogens is 1. The first-order valence-corrected chi connectivity index (χ1v) is 5.43. The van der Waals surface area contributed by atoms with Crippen molar-refractivity contribution in [3.05, 3.63) is 64.2 Å². The van der Waals surface area contributed by atoms with Crippen molar-refractivity contribution in [3.63, 3.8) is 0 Å². The Hall–Kier alpha value is -1.94. The van der Waals surface area contributed by atoms with Crippen molar-refractivity contribution in [2.24, 2.45) is 5.29 Å². The maximum absolute atomic E-state index is 10.8. The lowest BCUT2D eigenvalue weighted by molar-refractivity contribution is 0.827. The second-order valence-electron chi connectivity index (χ2n) is 3.46. The van der Waals surface area contributed by atoms with Crippen molar-refractivity contribution in [1.82, 2.24) is 4.98 Å². The fourth-order valence-electron chi connectivity index (χ4n) is 1.44. The van der Waals surface area contributed by atoms with Gasteiger partial charge in [0.15, 0.2) is 5.82 Å². The van der Waals surface area contributed by atoms with Crippen LogP contribution in [0.25, 0.3) is 0 Å². The van der Waals surface area contributed by atoms with Crippen molar-refractivity contribution in [2.75, 3.05) is 5.01 Å². The van der Waals surface area contributed by atoms with E-state index >= 15 is 0 Å². The van der Waals surface area contributed by atoms with Crippen LogP contribution in [0, 0.1) is 4.91 Å². The molecule has 17 heavy (non-hydrogen) atoms. The zero-order valence-electron chi connectivity index (χ0n) is 8.95. The van der Waals surface area contributed by atoms with Crippen LogP contribution in [0.4, 0.5) is 5.82 Å². The standard InChI is InChI=1S/C12H10ClN3O/c13-11-6-7-14-12(8-11)16(15-17)9-10-4-2-1-3-5-10/h1-8H,9H2. The number of aromatic nitrogens is 1. The van der Waals surface area contributed by atoms with Crippen LogP contribution in [0.1, 0.15) is 5.56 Å². The fraction of sp³-hybridized carbons (Fsp3) is 0.0833. The molecule has 0 aliphatic heterocycles. The van der Waals surface area contributed by atoms with Crippen molar-refractivity contribution < 1.29 is 0 Å². The van der Waals surface area contributed by atoms with Gasteiger partial charge in [-0.25, -0.2) is 9.99 Å². The number of anilines is 1. The Morgan fingerprint density at radius 1 is 1.24 bits per heavy atom. The average molecular weight is 248 g/mol. The molecule has 0 aliphatic carbocycles. The van der Waals surface area contributed by atoms with E-state index in [1.165, 1.54) is 5.01 Å². The van der Waals surface area contributed by atoms with Crippen LogP contribution in [-0.2, 0) is 6.54 Å². The van der Waals surface area contributed by atoms with E-state index in [2.05, 4.69) is 10.3 Å². The highest BCUT2D eigenvalue weighted by atomic mass is 35.5. The van der Waals surface area contributed by atoms with Gasteiger partial charge in [0.05, 0.1) is 11.8 Å². The number of pyridine rings is 1. The Kier molecular flexibility index (Phi) is 3.67. The highest BCUT2D eigenvalue weighted by Gasteiger charge is 2.09. The van der Waals surface area contributed by atoms with E-state index < -0.39 is 0 Å². The molecule has 2 rings (SSSR count). The Morgan fingerprint density at radius 2 is 2.00 bits per heavy atom. The molecule has 4 nitrogen and oxygen atoms in total. The molecule has 0 aliphatic rings. The second-order valence-corrected chi connectivity index (χ2v) is 3.89. The average Bonchev–Trinajstić information content (AvgIpc) is 2.37. The smallest absolute Gasteiger partial charge is 0.153 e. The zero-order valence-corrected chi connectivity index (χ0v) is 9.71. The van der Waals surface area contributed by atoms with E-state index in [9.17, 15) is 4.91 Å². The Bertz CT molecular complexity index is 504. The van der Waals surface area contributed by atoms with Gasteiger partial charge in [-0.1, -0.05) is 41.9 Å². The minimum atomic E-state index is 0.373. The predicted octanol–water partition coefficient (Wildman–Crippen LogP) is 3.42. The predicted molar refractivity (Wildman–Crippen MR) is 67.7 cm³/mol. The number of hydrogen-bond donors (Lipinski definition) is 0. The summed E-state index contributed by atoms with van der Waals surface area (Å²) < 4.78 is 0. The minimum Gasteiger partial charge on any atom is -0.237 e. The zero-order chi connectivity index (χ0) is 12.1. The third-order valence-corrected chi connectivity index (χ3v) is 2.48. The molecule has 0 N–H and O–H groups in total. The monoisotopic (exact) mass is 247 g/mol. The van der Waals surface area contributed by atoms with Crippen LogP contribution in [0.3, 0.4) is 0 Å². The Morgan fingerprint density at radius 3 is 2.65 bits per heavy atom. The summed E-state index contributed by atoms with van der Waals surface area (Å²) in [5.74, 6) is 0.441. The number of benzene rings is 1. The molecular formula is C12H10ClN3O. The van der Waals surface area contributed by atoms with E-state index in [-0.39, 0.29) is 0 Å². The van der Waals surface area contributed by atoms with Gasteiger partial charge in [-0.15, -0.1) is 4.91 Å². The molecular weight excluding hydrogens is 238 g/mol. The third kappa shape index (κ3) is 3.01. The van der Waals surface area contributed by atoms with Crippen LogP contribution < -0.4 is 5.01 Å². The molecule has 0 amide bonds. The van der Waals surface area contributed by atoms with Gasteiger partial charge in [0, 0.05) is 17.3 Å². The van der Waals surface area contributed by atoms with Crippen molar-refractivity contribution in [2.45, 2.75) is 6.54 Å². The molecule has 1 heterocycles. The van der Waals surface area contributed by atoms with Gasteiger partial charge in [0.2, 0.25) is 0 Å². The lowest BCUT2D eigenvalue weighted by Crippen LogP contribution is -2.15. The molecule has 0 saturated carbocycles. The first-order chi connectivity index (χ1) is 8.29. The molecule has 0 unspecified atom stereocenters. The second kappa shape index (κ2) is 5.41.